The molecule has 7 heteroatoms. The molecule has 8 fully saturated rings. The third-order valence-corrected chi connectivity index (χ3v) is 10.7. The summed E-state index contributed by atoms with van der Waals surface area (Å²) in [6.07, 6.45) is 12.5. The first kappa shape index (κ1) is 22.9. The predicted molar refractivity (Wildman–Crippen MR) is 146 cm³/mol. The largest absolute Gasteiger partial charge is 0.289 e. The molecule has 8 saturated carbocycles. The van der Waals surface area contributed by atoms with E-state index in [4.69, 9.17) is 5.10 Å². The summed E-state index contributed by atoms with van der Waals surface area (Å²) in [5.41, 5.74) is 9.29. The molecule has 10 rings (SSSR count). The van der Waals surface area contributed by atoms with Gasteiger partial charge in [0.05, 0.1) is 11.1 Å². The summed E-state index contributed by atoms with van der Waals surface area (Å²) in [6, 6.07) is 9.09. The Balaban J connectivity index is 1.04. The van der Waals surface area contributed by atoms with Crippen LogP contribution >= 0.6 is 0 Å². The van der Waals surface area contributed by atoms with Crippen molar-refractivity contribution in [2.45, 2.75) is 64.2 Å². The molecule has 0 spiro atoms. The molecule has 0 aliphatic heterocycles. The van der Waals surface area contributed by atoms with Gasteiger partial charge in [-0.15, -0.1) is 0 Å². The normalized spacial score (nSPS) is 36.0. The van der Waals surface area contributed by atoms with E-state index >= 15 is 0 Å². The molecule has 7 nitrogen and oxygen atoms in total. The van der Waals surface area contributed by atoms with Crippen LogP contribution in [0, 0.1) is 47.3 Å². The van der Waals surface area contributed by atoms with Crippen LogP contribution in [0.15, 0.2) is 40.5 Å². The maximum Gasteiger partial charge on any atom is 0.289 e. The Morgan fingerprint density at radius 3 is 1.66 bits per heavy atom. The molecule has 1 aromatic heterocycles. The summed E-state index contributed by atoms with van der Waals surface area (Å²) in [5.74, 6) is 4.81. The standard InChI is InChI=1S/C31H35N5O2/c37-30(35-33-28-20-7-16-5-17(9-20)10-21(28)8-16)25-15-27(32-26-4-2-1-3-24(25)26)31(38)36-34-29-22-11-18-6-19(13-22)14-23(29)12-18/h1-4,15-23H,5-14H2,(H,35,37)(H,36,38). The smallest absolute Gasteiger partial charge is 0.267 e. The minimum atomic E-state index is -0.363. The first-order valence-electron chi connectivity index (χ1n) is 14.7. The number of fused-ring (bicyclic) bond motifs is 1. The number of rotatable bonds is 4. The topological polar surface area (TPSA) is 95.8 Å². The monoisotopic (exact) mass is 509 g/mol. The summed E-state index contributed by atoms with van der Waals surface area (Å²) in [5, 5.41) is 10.1. The SMILES string of the molecule is O=C(NN=C1C2CC3CC(C2)CC1C3)c1cc(C(=O)NN=C2C3CC4CC(C3)CC2C4)c2ccccc2n1. The fraction of sp³-hybridized carbons (Fsp3) is 0.581. The molecule has 196 valence electrons. The van der Waals surface area contributed by atoms with E-state index in [1.165, 1.54) is 75.6 Å². The molecule has 8 aliphatic rings. The van der Waals surface area contributed by atoms with Crippen LogP contribution in [0.4, 0.5) is 0 Å². The van der Waals surface area contributed by atoms with Crippen molar-refractivity contribution >= 4 is 34.1 Å². The molecule has 2 amide bonds. The fourth-order valence-electron chi connectivity index (χ4n) is 9.53. The molecule has 1 aromatic carbocycles. The van der Waals surface area contributed by atoms with E-state index in [0.717, 1.165) is 29.1 Å². The Morgan fingerprint density at radius 2 is 1.13 bits per heavy atom. The number of hydrogen-bond donors (Lipinski definition) is 2. The number of carbonyl (C=O) groups is 2. The van der Waals surface area contributed by atoms with Gasteiger partial charge in [0.15, 0.2) is 0 Å². The van der Waals surface area contributed by atoms with Crippen molar-refractivity contribution in [3.8, 4) is 0 Å². The van der Waals surface area contributed by atoms with E-state index in [1.54, 1.807) is 6.07 Å². The van der Waals surface area contributed by atoms with Gasteiger partial charge in [-0.25, -0.2) is 15.8 Å². The number of para-hydroxylation sites is 1. The van der Waals surface area contributed by atoms with E-state index in [0.29, 0.717) is 34.8 Å². The van der Waals surface area contributed by atoms with Crippen molar-refractivity contribution in [3.05, 3.63) is 41.6 Å². The molecule has 8 bridgehead atoms. The third-order valence-electron chi connectivity index (χ3n) is 10.7. The molecule has 38 heavy (non-hydrogen) atoms. The molecular formula is C31H35N5O2. The van der Waals surface area contributed by atoms with Gasteiger partial charge in [0.25, 0.3) is 11.8 Å². The van der Waals surface area contributed by atoms with Crippen molar-refractivity contribution in [2.75, 3.05) is 0 Å². The highest BCUT2D eigenvalue weighted by Crippen LogP contribution is 2.53. The number of nitrogens with one attached hydrogen (secondary N) is 2. The zero-order valence-corrected chi connectivity index (χ0v) is 21.7. The van der Waals surface area contributed by atoms with Crippen molar-refractivity contribution in [2.24, 2.45) is 57.5 Å². The van der Waals surface area contributed by atoms with E-state index in [2.05, 4.69) is 20.9 Å². The summed E-state index contributed by atoms with van der Waals surface area (Å²) in [6.45, 7) is 0. The molecule has 2 aromatic rings. The van der Waals surface area contributed by atoms with Gasteiger partial charge >= 0.3 is 0 Å². The van der Waals surface area contributed by atoms with Gasteiger partial charge in [-0.1, -0.05) is 18.2 Å². The van der Waals surface area contributed by atoms with Crippen LogP contribution in [0.25, 0.3) is 10.9 Å². The van der Waals surface area contributed by atoms with Gasteiger partial charge in [0.1, 0.15) is 5.69 Å². The minimum absolute atomic E-state index is 0.212. The highest BCUT2D eigenvalue weighted by molar-refractivity contribution is 6.09. The van der Waals surface area contributed by atoms with Crippen LogP contribution in [0.1, 0.15) is 85.1 Å². The van der Waals surface area contributed by atoms with Crippen molar-refractivity contribution in [3.63, 3.8) is 0 Å². The quantitative estimate of drug-likeness (QED) is 0.546. The Morgan fingerprint density at radius 1 is 0.658 bits per heavy atom. The maximum atomic E-state index is 13.4. The maximum absolute atomic E-state index is 13.4. The number of pyridine rings is 1. The number of aromatic nitrogens is 1. The number of hydrogen-bond acceptors (Lipinski definition) is 5. The zero-order chi connectivity index (χ0) is 25.4. The van der Waals surface area contributed by atoms with E-state index in [9.17, 15) is 9.59 Å². The number of hydrazone groups is 2. The summed E-state index contributed by atoms with van der Waals surface area (Å²) in [4.78, 5) is 31.3. The van der Waals surface area contributed by atoms with E-state index in [-0.39, 0.29) is 17.5 Å². The molecule has 0 unspecified atom stereocenters. The van der Waals surface area contributed by atoms with Crippen LogP contribution in [-0.2, 0) is 0 Å². The summed E-state index contributed by atoms with van der Waals surface area (Å²) in [7, 11) is 0. The Bertz CT molecular complexity index is 1330. The van der Waals surface area contributed by atoms with E-state index in [1.807, 2.05) is 24.3 Å². The number of nitrogens with zero attached hydrogens (tertiary/aromatic N) is 3. The van der Waals surface area contributed by atoms with Gasteiger partial charge in [-0.3, -0.25) is 9.59 Å². The number of amides is 2. The summed E-state index contributed by atoms with van der Waals surface area (Å²) < 4.78 is 0. The molecule has 0 atom stereocenters. The Labute approximate surface area is 222 Å². The number of benzene rings is 1. The lowest BCUT2D eigenvalue weighted by Gasteiger charge is -2.50. The molecule has 1 heterocycles. The first-order chi connectivity index (χ1) is 18.6. The van der Waals surface area contributed by atoms with Crippen molar-refractivity contribution in [1.29, 1.82) is 0 Å². The van der Waals surface area contributed by atoms with Gasteiger partial charge < -0.3 is 0 Å². The first-order valence-corrected chi connectivity index (χ1v) is 14.7. The molecule has 2 N–H and O–H groups in total. The second kappa shape index (κ2) is 8.72. The number of carbonyl (C=O) groups excluding carboxylic acids is 2. The zero-order valence-electron chi connectivity index (χ0n) is 21.7. The van der Waals surface area contributed by atoms with Crippen LogP contribution in [0.2, 0.25) is 0 Å². The van der Waals surface area contributed by atoms with Crippen LogP contribution in [0.5, 0.6) is 0 Å². The van der Waals surface area contributed by atoms with Gasteiger partial charge in [-0.05, 0) is 124 Å². The van der Waals surface area contributed by atoms with Crippen LogP contribution < -0.4 is 10.9 Å². The molecule has 0 saturated heterocycles. The Kier molecular flexibility index (Phi) is 5.24. The van der Waals surface area contributed by atoms with Gasteiger partial charge in [-0.2, -0.15) is 10.2 Å². The third kappa shape index (κ3) is 3.80. The molecule has 8 aliphatic carbocycles. The second-order valence-electron chi connectivity index (χ2n) is 13.1. The molecule has 0 radical (unpaired) electrons. The average Bonchev–Trinajstić information content (AvgIpc) is 2.90. The van der Waals surface area contributed by atoms with Gasteiger partial charge in [0.2, 0.25) is 0 Å². The summed E-state index contributed by atoms with van der Waals surface area (Å²) >= 11 is 0. The lowest BCUT2D eigenvalue weighted by molar-refractivity contribution is 0.0938. The second-order valence-corrected chi connectivity index (χ2v) is 13.1. The van der Waals surface area contributed by atoms with Crippen LogP contribution in [-0.4, -0.2) is 28.2 Å². The highest BCUT2D eigenvalue weighted by atomic mass is 16.2. The molecular weight excluding hydrogens is 474 g/mol. The fourth-order valence-corrected chi connectivity index (χ4v) is 9.53. The Hall–Kier alpha value is -3.09. The predicted octanol–water partition coefficient (Wildman–Crippen LogP) is 5.32. The minimum Gasteiger partial charge on any atom is -0.267 e. The average molecular weight is 510 g/mol. The van der Waals surface area contributed by atoms with Crippen LogP contribution in [0.3, 0.4) is 0 Å². The van der Waals surface area contributed by atoms with Crippen molar-refractivity contribution in [1.82, 2.24) is 15.8 Å². The van der Waals surface area contributed by atoms with Crippen molar-refractivity contribution < 1.29 is 9.59 Å². The lowest BCUT2D eigenvalue weighted by Crippen LogP contribution is -2.46. The van der Waals surface area contributed by atoms with E-state index < -0.39 is 0 Å². The lowest BCUT2D eigenvalue weighted by atomic mass is 9.55. The van der Waals surface area contributed by atoms with Gasteiger partial charge in [0, 0.05) is 16.8 Å². The highest BCUT2D eigenvalue weighted by Gasteiger charge is 2.47.